The van der Waals surface area contributed by atoms with Crippen molar-refractivity contribution in [3.63, 3.8) is 0 Å². The van der Waals surface area contributed by atoms with Crippen LogP contribution in [0.2, 0.25) is 5.02 Å². The number of rotatable bonds is 4. The van der Waals surface area contributed by atoms with Crippen LogP contribution in [0.4, 0.5) is 5.69 Å². The summed E-state index contributed by atoms with van der Waals surface area (Å²) < 4.78 is 4.84. The molecule has 20 heavy (non-hydrogen) atoms. The maximum Gasteiger partial charge on any atom is 0.329 e. The number of ether oxygens (including phenoxy) is 1. The van der Waals surface area contributed by atoms with E-state index in [1.54, 1.807) is 24.3 Å². The van der Waals surface area contributed by atoms with E-state index in [-0.39, 0.29) is 5.91 Å². The molecular formula is C13H13ClN2O4. The van der Waals surface area contributed by atoms with E-state index in [1.165, 1.54) is 0 Å². The van der Waals surface area contributed by atoms with Gasteiger partial charge in [-0.2, -0.15) is 0 Å². The lowest BCUT2D eigenvalue weighted by Crippen LogP contribution is -2.36. The van der Waals surface area contributed by atoms with Gasteiger partial charge >= 0.3 is 5.97 Å². The molecule has 7 heteroatoms. The van der Waals surface area contributed by atoms with E-state index in [2.05, 4.69) is 10.6 Å². The zero-order chi connectivity index (χ0) is 14.5. The summed E-state index contributed by atoms with van der Waals surface area (Å²) in [6, 6.07) is 5.97. The molecule has 1 aromatic carbocycles. The van der Waals surface area contributed by atoms with Gasteiger partial charge in [-0.3, -0.25) is 9.59 Å². The second kappa shape index (κ2) is 6.38. The van der Waals surface area contributed by atoms with Crippen molar-refractivity contribution in [1.82, 2.24) is 5.32 Å². The SMILES string of the molecule is O=C(COC(=O)[C@@H]1CCC(=O)N1)Nc1cccc(Cl)c1. The second-order valence-electron chi connectivity index (χ2n) is 4.33. The molecule has 106 valence electrons. The predicted molar refractivity (Wildman–Crippen MR) is 72.2 cm³/mol. The summed E-state index contributed by atoms with van der Waals surface area (Å²) in [7, 11) is 0. The van der Waals surface area contributed by atoms with Gasteiger partial charge in [-0.25, -0.2) is 4.79 Å². The fourth-order valence-corrected chi connectivity index (χ4v) is 1.98. The predicted octanol–water partition coefficient (Wildman–Crippen LogP) is 1.10. The molecule has 0 saturated carbocycles. The zero-order valence-corrected chi connectivity index (χ0v) is 11.3. The van der Waals surface area contributed by atoms with Gasteiger partial charge in [0.05, 0.1) is 0 Å². The molecule has 1 fully saturated rings. The highest BCUT2D eigenvalue weighted by Crippen LogP contribution is 2.14. The Hall–Kier alpha value is -2.08. The molecule has 1 aliphatic heterocycles. The molecule has 0 radical (unpaired) electrons. The first-order chi connectivity index (χ1) is 9.54. The van der Waals surface area contributed by atoms with Crippen molar-refractivity contribution in [3.8, 4) is 0 Å². The molecule has 0 aliphatic carbocycles. The Labute approximate surface area is 120 Å². The zero-order valence-electron chi connectivity index (χ0n) is 10.5. The highest BCUT2D eigenvalue weighted by molar-refractivity contribution is 6.30. The third-order valence-electron chi connectivity index (χ3n) is 2.73. The lowest BCUT2D eigenvalue weighted by atomic mass is 10.2. The summed E-state index contributed by atoms with van der Waals surface area (Å²) >= 11 is 5.78. The van der Waals surface area contributed by atoms with Gasteiger partial charge < -0.3 is 15.4 Å². The third kappa shape index (κ3) is 3.96. The van der Waals surface area contributed by atoms with Crippen molar-refractivity contribution < 1.29 is 19.1 Å². The van der Waals surface area contributed by atoms with Gasteiger partial charge in [-0.05, 0) is 24.6 Å². The van der Waals surface area contributed by atoms with Crippen molar-refractivity contribution >= 4 is 35.1 Å². The van der Waals surface area contributed by atoms with Crippen LogP contribution in [0, 0.1) is 0 Å². The van der Waals surface area contributed by atoms with Gasteiger partial charge in [0.2, 0.25) is 5.91 Å². The number of anilines is 1. The lowest BCUT2D eigenvalue weighted by Gasteiger charge is -2.10. The van der Waals surface area contributed by atoms with E-state index >= 15 is 0 Å². The molecule has 1 aromatic rings. The van der Waals surface area contributed by atoms with Gasteiger partial charge in [0.1, 0.15) is 6.04 Å². The molecule has 2 amide bonds. The first-order valence-electron chi connectivity index (χ1n) is 6.06. The van der Waals surface area contributed by atoms with Crippen LogP contribution in [0.5, 0.6) is 0 Å². The maximum atomic E-state index is 11.6. The number of carbonyl (C=O) groups is 3. The molecule has 1 atom stereocenters. The Morgan fingerprint density at radius 3 is 2.90 bits per heavy atom. The van der Waals surface area contributed by atoms with E-state index in [4.69, 9.17) is 16.3 Å². The van der Waals surface area contributed by atoms with E-state index < -0.39 is 24.5 Å². The van der Waals surface area contributed by atoms with Crippen LogP contribution in [0.25, 0.3) is 0 Å². The Morgan fingerprint density at radius 2 is 2.25 bits per heavy atom. The van der Waals surface area contributed by atoms with Crippen LogP contribution < -0.4 is 10.6 Å². The minimum Gasteiger partial charge on any atom is -0.454 e. The fourth-order valence-electron chi connectivity index (χ4n) is 1.79. The minimum atomic E-state index is -0.651. The Balaban J connectivity index is 1.77. The summed E-state index contributed by atoms with van der Waals surface area (Å²) in [5.41, 5.74) is 0.521. The molecule has 1 aliphatic rings. The highest BCUT2D eigenvalue weighted by atomic mass is 35.5. The van der Waals surface area contributed by atoms with Crippen molar-refractivity contribution in [2.45, 2.75) is 18.9 Å². The monoisotopic (exact) mass is 296 g/mol. The van der Waals surface area contributed by atoms with Crippen LogP contribution in [0.3, 0.4) is 0 Å². The van der Waals surface area contributed by atoms with Gasteiger partial charge in [0.15, 0.2) is 6.61 Å². The normalized spacial score (nSPS) is 17.4. The molecule has 2 rings (SSSR count). The van der Waals surface area contributed by atoms with E-state index in [9.17, 15) is 14.4 Å². The standard InChI is InChI=1S/C13H13ClN2O4/c14-8-2-1-3-9(6-8)15-12(18)7-20-13(19)10-4-5-11(17)16-10/h1-3,6,10H,4-5,7H2,(H,15,18)(H,16,17)/t10-/m0/s1. The van der Waals surface area contributed by atoms with E-state index in [0.717, 1.165) is 0 Å². The average molecular weight is 297 g/mol. The molecule has 0 bridgehead atoms. The van der Waals surface area contributed by atoms with Crippen LogP contribution in [-0.4, -0.2) is 30.4 Å². The van der Waals surface area contributed by atoms with E-state index in [1.807, 2.05) is 0 Å². The number of hydrogen-bond donors (Lipinski definition) is 2. The number of benzene rings is 1. The summed E-state index contributed by atoms with van der Waals surface area (Å²) in [6.07, 6.45) is 0.696. The smallest absolute Gasteiger partial charge is 0.329 e. The molecule has 0 spiro atoms. The summed E-state index contributed by atoms with van der Waals surface area (Å²) in [4.78, 5) is 34.1. The summed E-state index contributed by atoms with van der Waals surface area (Å²) in [6.45, 7) is -0.405. The van der Waals surface area contributed by atoms with Crippen LogP contribution in [0.15, 0.2) is 24.3 Å². The van der Waals surface area contributed by atoms with Crippen LogP contribution in [-0.2, 0) is 19.1 Å². The van der Waals surface area contributed by atoms with Gasteiger partial charge in [0, 0.05) is 17.1 Å². The molecule has 6 nitrogen and oxygen atoms in total. The van der Waals surface area contributed by atoms with Crippen LogP contribution >= 0.6 is 11.6 Å². The second-order valence-corrected chi connectivity index (χ2v) is 4.76. The Morgan fingerprint density at radius 1 is 1.45 bits per heavy atom. The number of nitrogens with one attached hydrogen (secondary N) is 2. The molecule has 0 unspecified atom stereocenters. The fraction of sp³-hybridized carbons (Fsp3) is 0.308. The average Bonchev–Trinajstić information content (AvgIpc) is 2.83. The van der Waals surface area contributed by atoms with Crippen LogP contribution in [0.1, 0.15) is 12.8 Å². The topological polar surface area (TPSA) is 84.5 Å². The van der Waals surface area contributed by atoms with Crippen molar-refractivity contribution in [2.75, 3.05) is 11.9 Å². The first-order valence-corrected chi connectivity index (χ1v) is 6.44. The number of halogens is 1. The number of hydrogen-bond acceptors (Lipinski definition) is 4. The maximum absolute atomic E-state index is 11.6. The summed E-state index contributed by atoms with van der Waals surface area (Å²) in [5.74, 6) is -1.25. The largest absolute Gasteiger partial charge is 0.454 e. The molecular weight excluding hydrogens is 284 g/mol. The van der Waals surface area contributed by atoms with Gasteiger partial charge in [-0.1, -0.05) is 17.7 Å². The lowest BCUT2D eigenvalue weighted by molar-refractivity contribution is -0.149. The van der Waals surface area contributed by atoms with Crippen molar-refractivity contribution in [2.24, 2.45) is 0 Å². The summed E-state index contributed by atoms with van der Waals surface area (Å²) in [5, 5.41) is 5.52. The van der Waals surface area contributed by atoms with Gasteiger partial charge in [-0.15, -0.1) is 0 Å². The van der Waals surface area contributed by atoms with Gasteiger partial charge in [0.25, 0.3) is 5.91 Å². The Bertz CT molecular complexity index is 547. The first kappa shape index (κ1) is 14.3. The highest BCUT2D eigenvalue weighted by Gasteiger charge is 2.28. The number of amides is 2. The number of carbonyl (C=O) groups excluding carboxylic acids is 3. The van der Waals surface area contributed by atoms with E-state index in [0.29, 0.717) is 23.6 Å². The molecule has 1 heterocycles. The Kier molecular flexibility index (Phi) is 4.57. The molecule has 1 saturated heterocycles. The minimum absolute atomic E-state index is 0.185. The third-order valence-corrected chi connectivity index (χ3v) is 2.97. The molecule has 0 aromatic heterocycles. The van der Waals surface area contributed by atoms with Crippen molar-refractivity contribution in [1.29, 1.82) is 0 Å². The quantitative estimate of drug-likeness (QED) is 0.815. The van der Waals surface area contributed by atoms with Crippen molar-refractivity contribution in [3.05, 3.63) is 29.3 Å². The molecule has 2 N–H and O–H groups in total. The number of esters is 1.